The maximum atomic E-state index is 12.1. The highest BCUT2D eigenvalue weighted by Gasteiger charge is 2.61. The van der Waals surface area contributed by atoms with Gasteiger partial charge >= 0.3 is 12.4 Å². The van der Waals surface area contributed by atoms with Crippen LogP contribution in [0.3, 0.4) is 0 Å². The van der Waals surface area contributed by atoms with Gasteiger partial charge in [0.2, 0.25) is 11.8 Å². The third-order valence-electron chi connectivity index (χ3n) is 1.93. The first kappa shape index (κ1) is 16.0. The van der Waals surface area contributed by atoms with Gasteiger partial charge in [0.05, 0.1) is 0 Å². The lowest BCUT2D eigenvalue weighted by Gasteiger charge is -2.26. The Morgan fingerprint density at radius 2 is 1.59 bits per heavy atom. The van der Waals surface area contributed by atoms with Crippen LogP contribution in [-0.2, 0) is 4.79 Å². The Kier molecular flexibility index (Phi) is 5.24. The molecule has 0 saturated heterocycles. The zero-order valence-electron chi connectivity index (χ0n) is 8.77. The van der Waals surface area contributed by atoms with Gasteiger partial charge in [-0.1, -0.05) is 0 Å². The highest BCUT2D eigenvalue weighted by molar-refractivity contribution is 5.80. The zero-order valence-corrected chi connectivity index (χ0v) is 8.77. The predicted molar refractivity (Wildman–Crippen MR) is 44.9 cm³/mol. The Hall–Kier alpha value is -0.990. The number of carbonyl (C=O) groups excluding carboxylic acids is 1. The second-order valence-electron chi connectivity index (χ2n) is 3.35. The van der Waals surface area contributed by atoms with Crippen LogP contribution in [0.4, 0.5) is 26.3 Å². The maximum absolute atomic E-state index is 12.1. The predicted octanol–water partition coefficient (Wildman–Crippen LogP) is 1.57. The van der Waals surface area contributed by atoms with E-state index in [1.54, 1.807) is 0 Å². The Morgan fingerprint density at radius 1 is 1.18 bits per heavy atom. The van der Waals surface area contributed by atoms with Crippen molar-refractivity contribution in [2.24, 2.45) is 5.92 Å². The SMILES string of the molecule is CN(CCCO)C(=O)C(C(F)(F)F)C(F)(F)F. The van der Waals surface area contributed by atoms with Crippen molar-refractivity contribution >= 4 is 5.91 Å². The van der Waals surface area contributed by atoms with Crippen molar-refractivity contribution in [3.05, 3.63) is 0 Å². The van der Waals surface area contributed by atoms with Crippen molar-refractivity contribution < 1.29 is 36.2 Å². The van der Waals surface area contributed by atoms with Crippen LogP contribution in [-0.4, -0.2) is 48.5 Å². The van der Waals surface area contributed by atoms with Crippen molar-refractivity contribution in [3.63, 3.8) is 0 Å². The lowest BCUT2D eigenvalue weighted by Crippen LogP contribution is -2.48. The number of hydrogen-bond donors (Lipinski definition) is 1. The molecule has 1 amide bonds. The van der Waals surface area contributed by atoms with E-state index in [2.05, 4.69) is 0 Å². The molecule has 0 fully saturated rings. The van der Waals surface area contributed by atoms with Crippen molar-refractivity contribution in [1.29, 1.82) is 0 Å². The van der Waals surface area contributed by atoms with Gasteiger partial charge in [-0.15, -0.1) is 0 Å². The Morgan fingerprint density at radius 3 is 1.88 bits per heavy atom. The van der Waals surface area contributed by atoms with Crippen molar-refractivity contribution in [2.45, 2.75) is 18.8 Å². The lowest BCUT2D eigenvalue weighted by molar-refractivity contribution is -0.277. The van der Waals surface area contributed by atoms with Crippen LogP contribution in [0.1, 0.15) is 6.42 Å². The number of aliphatic hydroxyl groups excluding tert-OH is 1. The molecular weight excluding hydrogens is 256 g/mol. The Balaban J connectivity index is 4.90. The van der Waals surface area contributed by atoms with Gasteiger partial charge in [0, 0.05) is 20.2 Å². The monoisotopic (exact) mass is 267 g/mol. The van der Waals surface area contributed by atoms with Gasteiger partial charge in [-0.25, -0.2) is 0 Å². The lowest BCUT2D eigenvalue weighted by atomic mass is 10.1. The minimum atomic E-state index is -5.68. The smallest absolute Gasteiger partial charge is 0.396 e. The average Bonchev–Trinajstić information content (AvgIpc) is 2.09. The molecule has 0 rings (SSSR count). The molecule has 0 aliphatic heterocycles. The molecule has 0 aromatic rings. The van der Waals surface area contributed by atoms with Gasteiger partial charge in [-0.05, 0) is 6.42 Å². The van der Waals surface area contributed by atoms with Crippen LogP contribution >= 0.6 is 0 Å². The number of carbonyl (C=O) groups is 1. The minimum Gasteiger partial charge on any atom is -0.396 e. The van der Waals surface area contributed by atoms with Crippen molar-refractivity contribution in [1.82, 2.24) is 4.90 Å². The molecule has 17 heavy (non-hydrogen) atoms. The first-order valence-electron chi connectivity index (χ1n) is 4.51. The first-order valence-corrected chi connectivity index (χ1v) is 4.51. The molecule has 1 N–H and O–H groups in total. The summed E-state index contributed by atoms with van der Waals surface area (Å²) >= 11 is 0. The third kappa shape index (κ3) is 4.80. The second kappa shape index (κ2) is 5.56. The van der Waals surface area contributed by atoms with E-state index < -0.39 is 30.8 Å². The number of amides is 1. The van der Waals surface area contributed by atoms with Crippen LogP contribution in [0.15, 0.2) is 0 Å². The van der Waals surface area contributed by atoms with Crippen molar-refractivity contribution in [2.75, 3.05) is 20.2 Å². The fraction of sp³-hybridized carbons (Fsp3) is 0.875. The fourth-order valence-corrected chi connectivity index (χ4v) is 1.10. The molecule has 0 aromatic heterocycles. The summed E-state index contributed by atoms with van der Waals surface area (Å²) in [5.41, 5.74) is 0. The summed E-state index contributed by atoms with van der Waals surface area (Å²) < 4.78 is 72.8. The quantitative estimate of drug-likeness (QED) is 0.785. The number of nitrogens with zero attached hydrogens (tertiary/aromatic N) is 1. The van der Waals surface area contributed by atoms with Gasteiger partial charge < -0.3 is 10.0 Å². The molecule has 0 bridgehead atoms. The van der Waals surface area contributed by atoms with E-state index in [1.807, 2.05) is 0 Å². The number of hydrogen-bond acceptors (Lipinski definition) is 2. The minimum absolute atomic E-state index is 0.0926. The summed E-state index contributed by atoms with van der Waals surface area (Å²) in [7, 11) is 0.822. The van der Waals surface area contributed by atoms with E-state index in [0.717, 1.165) is 7.05 Å². The highest BCUT2D eigenvalue weighted by atomic mass is 19.4. The number of halogens is 6. The molecule has 0 aliphatic rings. The van der Waals surface area contributed by atoms with E-state index in [9.17, 15) is 31.1 Å². The number of aliphatic hydroxyl groups is 1. The van der Waals surface area contributed by atoms with E-state index >= 15 is 0 Å². The molecule has 0 heterocycles. The summed E-state index contributed by atoms with van der Waals surface area (Å²) in [6.45, 7) is -0.807. The zero-order chi connectivity index (χ0) is 13.9. The van der Waals surface area contributed by atoms with E-state index in [4.69, 9.17) is 5.11 Å². The summed E-state index contributed by atoms with van der Waals surface area (Å²) in [6.07, 6.45) is -11.4. The Labute approximate surface area is 93.0 Å². The molecule has 0 radical (unpaired) electrons. The first-order chi connectivity index (χ1) is 7.51. The largest absolute Gasteiger partial charge is 0.409 e. The molecule has 0 spiro atoms. The van der Waals surface area contributed by atoms with Gasteiger partial charge in [0.1, 0.15) is 0 Å². The summed E-state index contributed by atoms with van der Waals surface area (Å²) in [5, 5.41) is 8.37. The molecule has 0 atom stereocenters. The topological polar surface area (TPSA) is 40.5 Å². The standard InChI is InChI=1S/C8H11F6NO2/c1-15(3-2-4-16)6(17)5(7(9,10)11)8(12,13)14/h5,16H,2-4H2,1H3. The molecule has 0 aliphatic carbocycles. The van der Waals surface area contributed by atoms with Crippen LogP contribution < -0.4 is 0 Å². The second-order valence-corrected chi connectivity index (χ2v) is 3.35. The Bertz CT molecular complexity index is 248. The molecule has 102 valence electrons. The molecule has 0 saturated carbocycles. The average molecular weight is 267 g/mol. The maximum Gasteiger partial charge on any atom is 0.409 e. The number of rotatable bonds is 4. The molecule has 9 heteroatoms. The number of alkyl halides is 6. The normalized spacial score (nSPS) is 13.0. The summed E-state index contributed by atoms with van der Waals surface area (Å²) in [6, 6.07) is 0. The molecule has 3 nitrogen and oxygen atoms in total. The molecule has 0 aromatic carbocycles. The van der Waals surface area contributed by atoms with Crippen LogP contribution in [0.2, 0.25) is 0 Å². The van der Waals surface area contributed by atoms with Gasteiger partial charge in [-0.2, -0.15) is 26.3 Å². The van der Waals surface area contributed by atoms with Crippen LogP contribution in [0.5, 0.6) is 0 Å². The highest BCUT2D eigenvalue weighted by Crippen LogP contribution is 2.40. The van der Waals surface area contributed by atoms with Crippen LogP contribution in [0, 0.1) is 5.92 Å². The van der Waals surface area contributed by atoms with Gasteiger partial charge in [-0.3, -0.25) is 4.79 Å². The van der Waals surface area contributed by atoms with E-state index in [-0.39, 0.29) is 13.0 Å². The van der Waals surface area contributed by atoms with Gasteiger partial charge in [0.25, 0.3) is 0 Å². The van der Waals surface area contributed by atoms with Gasteiger partial charge in [0.15, 0.2) is 0 Å². The van der Waals surface area contributed by atoms with E-state index in [1.165, 1.54) is 0 Å². The molecular formula is C8H11F6NO2. The summed E-state index contributed by atoms with van der Waals surface area (Å²) in [5.74, 6) is -6.09. The molecule has 0 unspecified atom stereocenters. The van der Waals surface area contributed by atoms with E-state index in [0.29, 0.717) is 4.90 Å². The fourth-order valence-electron chi connectivity index (χ4n) is 1.10. The third-order valence-corrected chi connectivity index (χ3v) is 1.93. The van der Waals surface area contributed by atoms with Crippen LogP contribution in [0.25, 0.3) is 0 Å². The summed E-state index contributed by atoms with van der Waals surface area (Å²) in [4.78, 5) is 11.4. The van der Waals surface area contributed by atoms with Crippen molar-refractivity contribution in [3.8, 4) is 0 Å².